The number of hydrogen-bond acceptors (Lipinski definition) is 3. The molecule has 1 fully saturated rings. The molecule has 5 nitrogen and oxygen atoms in total. The van der Waals surface area contributed by atoms with E-state index in [9.17, 15) is 13.2 Å². The van der Waals surface area contributed by atoms with E-state index in [2.05, 4.69) is 4.98 Å². The van der Waals surface area contributed by atoms with Gasteiger partial charge in [0.25, 0.3) is 5.91 Å². The van der Waals surface area contributed by atoms with Gasteiger partial charge >= 0.3 is 0 Å². The predicted molar refractivity (Wildman–Crippen MR) is 86.8 cm³/mol. The zero-order valence-electron chi connectivity index (χ0n) is 12.8. The first-order valence-corrected chi connectivity index (χ1v) is 9.32. The molecule has 1 aliphatic heterocycles. The summed E-state index contributed by atoms with van der Waals surface area (Å²) >= 11 is 0. The summed E-state index contributed by atoms with van der Waals surface area (Å²) in [5, 5.41) is 0.999. The van der Waals surface area contributed by atoms with Gasteiger partial charge in [-0.3, -0.25) is 4.79 Å². The van der Waals surface area contributed by atoms with Gasteiger partial charge in [0.1, 0.15) is 0 Å². The molecule has 1 saturated heterocycles. The Kier molecular flexibility index (Phi) is 3.72. The number of fused-ring (bicyclic) bond motifs is 1. The van der Waals surface area contributed by atoms with E-state index in [0.29, 0.717) is 18.5 Å². The third-order valence-electron chi connectivity index (χ3n) is 4.25. The van der Waals surface area contributed by atoms with Crippen LogP contribution >= 0.6 is 0 Å². The topological polar surface area (TPSA) is 70.2 Å². The van der Waals surface area contributed by atoms with E-state index in [-0.39, 0.29) is 23.5 Å². The second kappa shape index (κ2) is 5.43. The fraction of sp³-hybridized carbons (Fsp3) is 0.438. The van der Waals surface area contributed by atoms with Crippen molar-refractivity contribution in [3.63, 3.8) is 0 Å². The summed E-state index contributed by atoms with van der Waals surface area (Å²) in [5.74, 6) is 0.167. The Morgan fingerprint density at radius 1 is 1.36 bits per heavy atom. The SMILES string of the molecule is CCN(C(=O)c1ccc2[nH]c(C)cc2c1)C1CCS(=O)(=O)C1. The minimum atomic E-state index is -3.00. The van der Waals surface area contributed by atoms with Crippen LogP contribution in [-0.4, -0.2) is 48.3 Å². The van der Waals surface area contributed by atoms with Gasteiger partial charge in [-0.25, -0.2) is 8.42 Å². The zero-order chi connectivity index (χ0) is 15.9. The van der Waals surface area contributed by atoms with E-state index >= 15 is 0 Å². The molecular formula is C16H20N2O3S. The quantitative estimate of drug-likeness (QED) is 0.942. The molecule has 2 heterocycles. The smallest absolute Gasteiger partial charge is 0.254 e. The average molecular weight is 320 g/mol. The van der Waals surface area contributed by atoms with Crippen molar-refractivity contribution in [2.24, 2.45) is 0 Å². The maximum absolute atomic E-state index is 12.7. The molecule has 6 heteroatoms. The number of aromatic amines is 1. The number of sulfone groups is 1. The van der Waals surface area contributed by atoms with Crippen LogP contribution in [0.5, 0.6) is 0 Å². The van der Waals surface area contributed by atoms with Crippen molar-refractivity contribution >= 4 is 26.6 Å². The van der Waals surface area contributed by atoms with Gasteiger partial charge in [-0.2, -0.15) is 0 Å². The van der Waals surface area contributed by atoms with E-state index < -0.39 is 9.84 Å². The highest BCUT2D eigenvalue weighted by atomic mass is 32.2. The molecule has 1 aromatic carbocycles. The number of nitrogens with one attached hydrogen (secondary N) is 1. The highest BCUT2D eigenvalue weighted by Crippen LogP contribution is 2.22. The first-order chi connectivity index (χ1) is 10.4. The Morgan fingerprint density at radius 3 is 2.77 bits per heavy atom. The Morgan fingerprint density at radius 2 is 2.14 bits per heavy atom. The summed E-state index contributed by atoms with van der Waals surface area (Å²) in [6.07, 6.45) is 0.535. The maximum Gasteiger partial charge on any atom is 0.254 e. The van der Waals surface area contributed by atoms with Crippen molar-refractivity contribution in [3.05, 3.63) is 35.5 Å². The summed E-state index contributed by atoms with van der Waals surface area (Å²) in [5.41, 5.74) is 2.66. The summed E-state index contributed by atoms with van der Waals surface area (Å²) < 4.78 is 23.3. The van der Waals surface area contributed by atoms with Gasteiger partial charge < -0.3 is 9.88 Å². The molecule has 3 rings (SSSR count). The van der Waals surface area contributed by atoms with Crippen LogP contribution < -0.4 is 0 Å². The van der Waals surface area contributed by atoms with Crippen molar-refractivity contribution < 1.29 is 13.2 Å². The molecule has 118 valence electrons. The molecule has 2 aromatic rings. The minimum Gasteiger partial charge on any atom is -0.359 e. The molecule has 1 aromatic heterocycles. The fourth-order valence-corrected chi connectivity index (χ4v) is 4.90. The summed E-state index contributed by atoms with van der Waals surface area (Å²) in [7, 11) is -3.00. The number of aromatic nitrogens is 1. The third kappa shape index (κ3) is 2.75. The first kappa shape index (κ1) is 15.1. The van der Waals surface area contributed by atoms with Crippen LogP contribution in [0.1, 0.15) is 29.4 Å². The average Bonchev–Trinajstić information content (AvgIpc) is 3.00. The van der Waals surface area contributed by atoms with Crippen LogP contribution in [0.15, 0.2) is 24.3 Å². The van der Waals surface area contributed by atoms with E-state index in [1.807, 2.05) is 32.0 Å². The standard InChI is InChI=1S/C16H20N2O3S/c1-3-18(14-6-7-22(20,21)10-14)16(19)12-4-5-15-13(9-12)8-11(2)17-15/h4-5,8-9,14,17H,3,6-7,10H2,1-2H3. The van der Waals surface area contributed by atoms with Gasteiger partial charge in [0.05, 0.1) is 11.5 Å². The van der Waals surface area contributed by atoms with Crippen LogP contribution in [-0.2, 0) is 9.84 Å². The fourth-order valence-electron chi connectivity index (χ4n) is 3.17. The first-order valence-electron chi connectivity index (χ1n) is 7.50. The van der Waals surface area contributed by atoms with Gasteiger partial charge in [-0.15, -0.1) is 0 Å². The molecule has 0 bridgehead atoms. The number of hydrogen-bond donors (Lipinski definition) is 1. The lowest BCUT2D eigenvalue weighted by Gasteiger charge is -2.27. The molecular weight excluding hydrogens is 300 g/mol. The number of rotatable bonds is 3. The predicted octanol–water partition coefficient (Wildman–Crippen LogP) is 2.13. The number of nitrogens with zero attached hydrogens (tertiary/aromatic N) is 1. The van der Waals surface area contributed by atoms with Crippen molar-refractivity contribution in [1.82, 2.24) is 9.88 Å². The molecule has 1 amide bonds. The number of carbonyl (C=O) groups excluding carboxylic acids is 1. The molecule has 0 radical (unpaired) electrons. The Balaban J connectivity index is 1.89. The lowest BCUT2D eigenvalue weighted by atomic mass is 10.1. The largest absolute Gasteiger partial charge is 0.359 e. The molecule has 0 saturated carbocycles. The van der Waals surface area contributed by atoms with Crippen molar-refractivity contribution in [3.8, 4) is 0 Å². The molecule has 1 N–H and O–H groups in total. The van der Waals surface area contributed by atoms with Gasteiger partial charge in [0.2, 0.25) is 0 Å². The number of H-pyrrole nitrogens is 1. The molecule has 1 unspecified atom stereocenters. The molecule has 0 spiro atoms. The van der Waals surface area contributed by atoms with E-state index in [1.54, 1.807) is 11.0 Å². The van der Waals surface area contributed by atoms with Crippen molar-refractivity contribution in [1.29, 1.82) is 0 Å². The Bertz CT molecular complexity index is 823. The van der Waals surface area contributed by atoms with Crippen LogP contribution in [0.25, 0.3) is 10.9 Å². The van der Waals surface area contributed by atoms with Crippen LogP contribution in [0.4, 0.5) is 0 Å². The molecule has 0 aliphatic carbocycles. The van der Waals surface area contributed by atoms with E-state index in [0.717, 1.165) is 16.6 Å². The lowest BCUT2D eigenvalue weighted by Crippen LogP contribution is -2.40. The molecule has 22 heavy (non-hydrogen) atoms. The van der Waals surface area contributed by atoms with Gasteiger partial charge in [0.15, 0.2) is 9.84 Å². The van der Waals surface area contributed by atoms with Crippen molar-refractivity contribution in [2.75, 3.05) is 18.1 Å². The highest BCUT2D eigenvalue weighted by molar-refractivity contribution is 7.91. The summed E-state index contributed by atoms with van der Waals surface area (Å²) in [6.45, 7) is 4.38. The lowest BCUT2D eigenvalue weighted by molar-refractivity contribution is 0.0708. The maximum atomic E-state index is 12.7. The van der Waals surface area contributed by atoms with Gasteiger partial charge in [-0.05, 0) is 44.5 Å². The molecule has 1 atom stereocenters. The highest BCUT2D eigenvalue weighted by Gasteiger charge is 2.34. The monoisotopic (exact) mass is 320 g/mol. The summed E-state index contributed by atoms with van der Waals surface area (Å²) in [4.78, 5) is 17.7. The molecule has 1 aliphatic rings. The van der Waals surface area contributed by atoms with E-state index in [4.69, 9.17) is 0 Å². The van der Waals surface area contributed by atoms with Crippen molar-refractivity contribution in [2.45, 2.75) is 26.3 Å². The number of benzene rings is 1. The van der Waals surface area contributed by atoms with Crippen LogP contribution in [0.3, 0.4) is 0 Å². The number of carbonyl (C=O) groups is 1. The number of amides is 1. The summed E-state index contributed by atoms with van der Waals surface area (Å²) in [6, 6.07) is 7.36. The number of aryl methyl sites for hydroxylation is 1. The Labute approximate surface area is 130 Å². The van der Waals surface area contributed by atoms with Gasteiger partial charge in [0, 0.05) is 34.7 Å². The third-order valence-corrected chi connectivity index (χ3v) is 6.00. The van der Waals surface area contributed by atoms with Gasteiger partial charge in [-0.1, -0.05) is 0 Å². The second-order valence-electron chi connectivity index (χ2n) is 5.90. The second-order valence-corrected chi connectivity index (χ2v) is 8.13. The zero-order valence-corrected chi connectivity index (χ0v) is 13.6. The van der Waals surface area contributed by atoms with E-state index in [1.165, 1.54) is 0 Å². The Hall–Kier alpha value is -1.82. The normalized spacial score (nSPS) is 20.4. The van der Waals surface area contributed by atoms with Crippen LogP contribution in [0.2, 0.25) is 0 Å². The minimum absolute atomic E-state index is 0.0814. The van der Waals surface area contributed by atoms with Crippen LogP contribution in [0, 0.1) is 6.92 Å².